The van der Waals surface area contributed by atoms with Gasteiger partial charge in [-0.25, -0.2) is 9.59 Å². The molecule has 0 saturated heterocycles. The Bertz CT molecular complexity index is 2760. The van der Waals surface area contributed by atoms with Crippen molar-refractivity contribution in [2.45, 2.75) is 9.79 Å². The number of nitrogens with one attached hydrogen (secondary N) is 2. The molecule has 0 saturated carbocycles. The fourth-order valence-electron chi connectivity index (χ4n) is 5.23. The summed E-state index contributed by atoms with van der Waals surface area (Å²) in [6, 6.07) is 23.4. The van der Waals surface area contributed by atoms with E-state index >= 15 is 0 Å². The van der Waals surface area contributed by atoms with Crippen LogP contribution in [0.1, 0.15) is 10.4 Å². The predicted octanol–water partition coefficient (Wildman–Crippen LogP) is 8.16. The Morgan fingerprint density at radius 2 is 1.04 bits per heavy atom. The smallest absolute Gasteiger partial charge is 0.337 e. The predicted molar refractivity (Wildman–Crippen MR) is 196 cm³/mol. The number of methoxy groups -OCH3 is 1. The van der Waals surface area contributed by atoms with Gasteiger partial charge in [-0.15, -0.1) is 10.2 Å². The van der Waals surface area contributed by atoms with Crippen LogP contribution < -0.4 is 10.6 Å². The molecule has 54 heavy (non-hydrogen) atoms. The number of urea groups is 1. The maximum absolute atomic E-state index is 13.0. The van der Waals surface area contributed by atoms with Crippen LogP contribution in [0, 0.1) is 0 Å². The van der Waals surface area contributed by atoms with Crippen LogP contribution in [-0.2, 0) is 25.0 Å². The molecule has 0 fully saturated rings. The molecule has 19 heteroatoms. The zero-order chi connectivity index (χ0) is 38.8. The Morgan fingerprint density at radius 1 is 0.593 bits per heavy atom. The Morgan fingerprint density at radius 3 is 1.46 bits per heavy atom. The molecule has 0 aliphatic rings. The van der Waals surface area contributed by atoms with E-state index in [4.69, 9.17) is 0 Å². The Hall–Kier alpha value is -6.80. The minimum Gasteiger partial charge on any atom is -0.505 e. The summed E-state index contributed by atoms with van der Waals surface area (Å²) in [6.45, 7) is 0. The number of amides is 2. The van der Waals surface area contributed by atoms with Crippen molar-refractivity contribution in [3.63, 3.8) is 0 Å². The van der Waals surface area contributed by atoms with Crippen LogP contribution in [0.4, 0.5) is 38.9 Å². The van der Waals surface area contributed by atoms with Crippen LogP contribution in [0.25, 0.3) is 21.5 Å². The number of benzene rings is 6. The molecule has 0 radical (unpaired) electrons. The van der Waals surface area contributed by atoms with E-state index in [1.165, 1.54) is 67.8 Å². The minimum absolute atomic E-state index is 0.0819. The van der Waals surface area contributed by atoms with Gasteiger partial charge in [-0.2, -0.15) is 27.1 Å². The summed E-state index contributed by atoms with van der Waals surface area (Å²) in [4.78, 5) is 23.2. The number of phenols is 2. The van der Waals surface area contributed by atoms with Crippen molar-refractivity contribution in [2.75, 3.05) is 17.7 Å². The summed E-state index contributed by atoms with van der Waals surface area (Å²) in [7, 11) is -8.64. The van der Waals surface area contributed by atoms with E-state index in [0.717, 1.165) is 12.1 Å². The van der Waals surface area contributed by atoms with Crippen molar-refractivity contribution in [1.82, 2.24) is 0 Å². The maximum Gasteiger partial charge on any atom is 0.337 e. The maximum atomic E-state index is 13.0. The van der Waals surface area contributed by atoms with E-state index in [2.05, 4.69) is 35.8 Å². The first kappa shape index (κ1) is 37.0. The first-order chi connectivity index (χ1) is 25.6. The lowest BCUT2D eigenvalue weighted by molar-refractivity contribution is 0.0600. The Labute approximate surface area is 305 Å². The second kappa shape index (κ2) is 14.7. The highest BCUT2D eigenvalue weighted by Crippen LogP contribution is 2.43. The molecule has 0 unspecified atom stereocenters. The number of nitrogens with zero attached hydrogens (tertiary/aromatic N) is 4. The number of esters is 1. The molecule has 6 rings (SSSR count). The fraction of sp³-hybridized carbons (Fsp3) is 0.0286. The zero-order valence-electron chi connectivity index (χ0n) is 27.6. The van der Waals surface area contributed by atoms with Gasteiger partial charge in [0.15, 0.2) is 11.5 Å². The quantitative estimate of drug-likeness (QED) is 0.0464. The molecular formula is C35H26N6O11S2. The molecule has 0 aliphatic heterocycles. The van der Waals surface area contributed by atoms with E-state index in [0.29, 0.717) is 5.69 Å². The fourth-order valence-corrected chi connectivity index (χ4v) is 6.55. The zero-order valence-corrected chi connectivity index (χ0v) is 29.2. The van der Waals surface area contributed by atoms with Crippen LogP contribution in [0.3, 0.4) is 0 Å². The number of rotatable bonds is 9. The van der Waals surface area contributed by atoms with Gasteiger partial charge in [0.25, 0.3) is 20.2 Å². The van der Waals surface area contributed by atoms with Crippen molar-refractivity contribution in [3.05, 3.63) is 109 Å². The van der Waals surface area contributed by atoms with Crippen molar-refractivity contribution >= 4 is 87.9 Å². The monoisotopic (exact) mass is 770 g/mol. The number of hydrogen-bond donors (Lipinski definition) is 6. The average Bonchev–Trinajstić information content (AvgIpc) is 3.13. The number of anilines is 2. The molecule has 17 nitrogen and oxygen atoms in total. The van der Waals surface area contributed by atoms with Gasteiger partial charge in [0, 0.05) is 22.1 Å². The largest absolute Gasteiger partial charge is 0.505 e. The van der Waals surface area contributed by atoms with Gasteiger partial charge in [0.2, 0.25) is 0 Å². The second-order valence-corrected chi connectivity index (χ2v) is 14.1. The standard InChI is InChI=1S/C35H26N6O11S2/c1-52-34(44)19-7-9-23(10-8-19)39-41-31-29(54(49,50)51)18-21-16-25(12-14-27(21)33(31)43)37-35(45)36-24-11-13-26-20(15-24)17-28(53(46,47)48)30(32(26)42)40-38-22-5-3-2-4-6-22/h2-18,42-43H,1H3,(H2,36,37,45)(H,46,47,48)(H,49,50,51). The Kier molecular flexibility index (Phi) is 10.0. The number of aromatic hydroxyl groups is 2. The topological polar surface area (TPSA) is 266 Å². The molecule has 274 valence electrons. The number of phenolic OH excluding ortho intramolecular Hbond substituents is 2. The van der Waals surface area contributed by atoms with E-state index in [1.807, 2.05) is 0 Å². The molecule has 0 aromatic heterocycles. The number of fused-ring (bicyclic) bond motifs is 2. The van der Waals surface area contributed by atoms with Crippen LogP contribution in [0.2, 0.25) is 0 Å². The molecule has 6 N–H and O–H groups in total. The number of carbonyl (C=O) groups is 2. The van der Waals surface area contributed by atoms with Crippen molar-refractivity contribution in [1.29, 1.82) is 0 Å². The summed E-state index contributed by atoms with van der Waals surface area (Å²) in [5.74, 6) is -1.81. The average molecular weight is 771 g/mol. The third-order valence-corrected chi connectivity index (χ3v) is 9.48. The lowest BCUT2D eigenvalue weighted by Crippen LogP contribution is -2.19. The van der Waals surface area contributed by atoms with Crippen LogP contribution >= 0.6 is 0 Å². The molecular weight excluding hydrogens is 745 g/mol. The van der Waals surface area contributed by atoms with Crippen LogP contribution in [-0.4, -0.2) is 55.3 Å². The van der Waals surface area contributed by atoms with Gasteiger partial charge in [0.05, 0.1) is 24.0 Å². The van der Waals surface area contributed by atoms with Crippen molar-refractivity contribution in [2.24, 2.45) is 20.5 Å². The summed E-state index contributed by atoms with van der Waals surface area (Å²) in [6.07, 6.45) is 0. The minimum atomic E-state index is -4.96. The molecule has 0 atom stereocenters. The van der Waals surface area contributed by atoms with Crippen LogP contribution in [0.5, 0.6) is 11.5 Å². The van der Waals surface area contributed by atoms with E-state index in [-0.39, 0.29) is 44.2 Å². The van der Waals surface area contributed by atoms with Crippen LogP contribution in [0.15, 0.2) is 133 Å². The van der Waals surface area contributed by atoms with Gasteiger partial charge >= 0.3 is 12.0 Å². The van der Waals surface area contributed by atoms with Crippen molar-refractivity contribution < 1.29 is 50.5 Å². The summed E-state index contributed by atoms with van der Waals surface area (Å²) < 4.78 is 73.6. The normalized spacial score (nSPS) is 12.1. The second-order valence-electron chi connectivity index (χ2n) is 11.3. The molecule has 0 aliphatic carbocycles. The van der Waals surface area contributed by atoms with E-state index in [9.17, 15) is 45.7 Å². The van der Waals surface area contributed by atoms with Gasteiger partial charge < -0.3 is 25.6 Å². The Balaban J connectivity index is 1.26. The van der Waals surface area contributed by atoms with Crippen molar-refractivity contribution in [3.8, 4) is 11.5 Å². The van der Waals surface area contributed by atoms with Gasteiger partial charge in [-0.1, -0.05) is 18.2 Å². The highest BCUT2D eigenvalue weighted by molar-refractivity contribution is 7.86. The number of azo groups is 2. The van der Waals surface area contributed by atoms with Gasteiger partial charge in [0.1, 0.15) is 21.2 Å². The SMILES string of the molecule is COC(=O)c1ccc(N=Nc2c(S(=O)(=O)O)cc3cc(NC(=O)Nc4ccc5c(O)c(N=Nc6ccccc6)c(S(=O)(=O)O)cc5c4)ccc3c2O)cc1. The summed E-state index contributed by atoms with van der Waals surface area (Å²) >= 11 is 0. The lowest BCUT2D eigenvalue weighted by Gasteiger charge is -2.13. The molecule has 0 bridgehead atoms. The lowest BCUT2D eigenvalue weighted by atomic mass is 10.1. The summed E-state index contributed by atoms with van der Waals surface area (Å²) in [5, 5.41) is 43.0. The molecule has 0 heterocycles. The first-order valence-electron chi connectivity index (χ1n) is 15.3. The summed E-state index contributed by atoms with van der Waals surface area (Å²) in [5.41, 5.74) is -0.0143. The number of ether oxygens (including phenoxy) is 1. The third kappa shape index (κ3) is 7.98. The third-order valence-electron chi connectivity index (χ3n) is 7.75. The molecule has 6 aromatic rings. The highest BCUT2D eigenvalue weighted by Gasteiger charge is 2.24. The number of hydrogen-bond acceptors (Lipinski definition) is 13. The van der Waals surface area contributed by atoms with E-state index in [1.54, 1.807) is 30.3 Å². The molecule has 0 spiro atoms. The number of carbonyl (C=O) groups excluding carboxylic acids is 2. The highest BCUT2D eigenvalue weighted by atomic mass is 32.2. The first-order valence-corrected chi connectivity index (χ1v) is 18.2. The molecule has 6 aromatic carbocycles. The van der Waals surface area contributed by atoms with Gasteiger partial charge in [-0.05, 0) is 95.7 Å². The van der Waals surface area contributed by atoms with Gasteiger partial charge in [-0.3, -0.25) is 9.11 Å². The van der Waals surface area contributed by atoms with E-state index < -0.39 is 64.9 Å². The molecule has 2 amide bonds.